The zero-order valence-corrected chi connectivity index (χ0v) is 14.4. The molecule has 24 heavy (non-hydrogen) atoms. The van der Waals surface area contributed by atoms with Crippen LogP contribution in [0.15, 0.2) is 29.3 Å². The Labute approximate surface area is 146 Å². The molecule has 1 fully saturated rings. The Kier molecular flexibility index (Phi) is 5.12. The molecule has 2 aliphatic rings. The van der Waals surface area contributed by atoms with Crippen LogP contribution >= 0.6 is 11.8 Å². The quantitative estimate of drug-likeness (QED) is 0.813. The number of rotatable bonds is 4. The van der Waals surface area contributed by atoms with E-state index in [9.17, 15) is 9.90 Å². The molecule has 1 aromatic carbocycles. The van der Waals surface area contributed by atoms with Crippen LogP contribution in [0.3, 0.4) is 0 Å². The molecular weight excluding hydrogens is 322 g/mol. The van der Waals surface area contributed by atoms with Gasteiger partial charge in [0.05, 0.1) is 18.6 Å². The molecular formula is C18H21N3O2S. The average molecular weight is 343 g/mol. The summed E-state index contributed by atoms with van der Waals surface area (Å²) < 4.78 is 0. The second-order valence-corrected chi connectivity index (χ2v) is 7.09. The van der Waals surface area contributed by atoms with Crippen LogP contribution in [0.2, 0.25) is 0 Å². The van der Waals surface area contributed by atoms with Gasteiger partial charge >= 0.3 is 0 Å². The second-order valence-electron chi connectivity index (χ2n) is 6.08. The van der Waals surface area contributed by atoms with Crippen molar-refractivity contribution in [1.29, 1.82) is 0 Å². The van der Waals surface area contributed by atoms with E-state index in [4.69, 9.17) is 11.4 Å². The Morgan fingerprint density at radius 3 is 3.04 bits per heavy atom. The molecule has 2 heterocycles. The van der Waals surface area contributed by atoms with Gasteiger partial charge in [-0.3, -0.25) is 14.7 Å². The fourth-order valence-corrected chi connectivity index (χ4v) is 4.55. The lowest BCUT2D eigenvalue weighted by Crippen LogP contribution is -2.46. The molecule has 2 N–H and O–H groups in total. The van der Waals surface area contributed by atoms with Crippen molar-refractivity contribution >= 4 is 22.7 Å². The molecule has 2 aliphatic heterocycles. The topological polar surface area (TPSA) is 64.9 Å². The lowest BCUT2D eigenvalue weighted by Gasteiger charge is -2.27. The predicted molar refractivity (Wildman–Crippen MR) is 97.3 cm³/mol. The number of nitrogens with one attached hydrogen (secondary N) is 1. The van der Waals surface area contributed by atoms with Crippen LogP contribution in [-0.4, -0.2) is 58.4 Å². The number of nitrogens with zero attached hydrogens (tertiary/aromatic N) is 2. The van der Waals surface area contributed by atoms with E-state index in [1.165, 1.54) is 0 Å². The van der Waals surface area contributed by atoms with Gasteiger partial charge in [0, 0.05) is 17.4 Å². The monoisotopic (exact) mass is 343 g/mol. The van der Waals surface area contributed by atoms with E-state index in [1.54, 1.807) is 23.9 Å². The lowest BCUT2D eigenvalue weighted by atomic mass is 10.1. The molecule has 1 saturated heterocycles. The molecule has 5 nitrogen and oxygen atoms in total. The van der Waals surface area contributed by atoms with Gasteiger partial charge in [0.1, 0.15) is 10.8 Å². The second kappa shape index (κ2) is 7.29. The van der Waals surface area contributed by atoms with Crippen molar-refractivity contribution in [2.75, 3.05) is 19.3 Å². The number of thioether (sulfide) groups is 1. The summed E-state index contributed by atoms with van der Waals surface area (Å²) in [4.78, 5) is 19.1. The molecule has 0 aliphatic carbocycles. The Balaban J connectivity index is 1.69. The minimum Gasteiger partial charge on any atom is -0.507 e. The first-order valence-electron chi connectivity index (χ1n) is 8.04. The normalized spacial score (nSPS) is 26.8. The summed E-state index contributed by atoms with van der Waals surface area (Å²) in [7, 11) is 1.98. The van der Waals surface area contributed by atoms with Gasteiger partial charge in [-0.2, -0.15) is 0 Å². The van der Waals surface area contributed by atoms with Gasteiger partial charge in [-0.25, -0.2) is 0 Å². The third-order valence-electron chi connectivity index (χ3n) is 4.67. The number of carbonyl (C=O) groups excluding carboxylic acids is 1. The molecule has 0 aromatic heterocycles. The number of phenols is 1. The average Bonchev–Trinajstić information content (AvgIpc) is 3.19. The predicted octanol–water partition coefficient (Wildman–Crippen LogP) is 1.47. The number of aromatic hydroxyl groups is 1. The fourth-order valence-electron chi connectivity index (χ4n) is 3.39. The molecule has 126 valence electrons. The summed E-state index contributed by atoms with van der Waals surface area (Å²) in [5, 5.41) is 13.6. The number of phenolic OH excluding ortho intramolecular Hbond substituents is 1. The Hall–Kier alpha value is -1.97. The highest BCUT2D eigenvalue weighted by molar-refractivity contribution is 8.14. The number of amides is 1. The minimum absolute atomic E-state index is 0.00601. The molecule has 1 unspecified atom stereocenters. The highest BCUT2D eigenvalue weighted by Gasteiger charge is 2.40. The molecule has 0 radical (unpaired) electrons. The summed E-state index contributed by atoms with van der Waals surface area (Å²) in [6.07, 6.45) is 6.96. The first-order chi connectivity index (χ1) is 11.6. The van der Waals surface area contributed by atoms with Crippen LogP contribution in [0, 0.1) is 12.3 Å². The molecule has 1 amide bonds. The standard InChI is InChI=1S/C18H21N3O2S/c1-3-10-19-17(23)15-9-8-14(21(15)2)13-11-24-18(20-13)12-6-4-5-7-16(12)22/h1,4-7,13-15,22H,8-11H2,2H3,(H,19,23)/t13?,14-,15+/m0/s1. The fraction of sp³-hybridized carbons (Fsp3) is 0.444. The Morgan fingerprint density at radius 1 is 1.50 bits per heavy atom. The number of likely N-dealkylation sites (N-methyl/N-ethyl adjacent to an activating group) is 1. The van der Waals surface area contributed by atoms with Gasteiger partial charge in [-0.1, -0.05) is 18.1 Å². The van der Waals surface area contributed by atoms with Crippen LogP contribution in [0.1, 0.15) is 18.4 Å². The number of likely N-dealkylation sites (tertiary alicyclic amines) is 1. The number of benzene rings is 1. The van der Waals surface area contributed by atoms with Gasteiger partial charge in [-0.15, -0.1) is 18.2 Å². The van der Waals surface area contributed by atoms with Gasteiger partial charge in [0.25, 0.3) is 0 Å². The molecule has 0 saturated carbocycles. The Bertz CT molecular complexity index is 698. The van der Waals surface area contributed by atoms with Crippen molar-refractivity contribution in [2.24, 2.45) is 4.99 Å². The summed E-state index contributed by atoms with van der Waals surface area (Å²) in [6, 6.07) is 7.51. The number of hydrogen-bond acceptors (Lipinski definition) is 5. The van der Waals surface area contributed by atoms with Crippen LogP contribution in [0.25, 0.3) is 0 Å². The van der Waals surface area contributed by atoms with Crippen LogP contribution in [-0.2, 0) is 4.79 Å². The summed E-state index contributed by atoms with van der Waals surface area (Å²) in [5.74, 6) is 3.56. The highest BCUT2D eigenvalue weighted by Crippen LogP contribution is 2.34. The van der Waals surface area contributed by atoms with Crippen molar-refractivity contribution in [3.63, 3.8) is 0 Å². The molecule has 0 spiro atoms. The summed E-state index contributed by atoms with van der Waals surface area (Å²) in [6.45, 7) is 0.267. The van der Waals surface area contributed by atoms with Crippen LogP contribution in [0.4, 0.5) is 0 Å². The van der Waals surface area contributed by atoms with E-state index in [2.05, 4.69) is 16.1 Å². The summed E-state index contributed by atoms with van der Waals surface area (Å²) >= 11 is 1.67. The summed E-state index contributed by atoms with van der Waals surface area (Å²) in [5.41, 5.74) is 0.786. The van der Waals surface area contributed by atoms with Crippen molar-refractivity contribution in [1.82, 2.24) is 10.2 Å². The SMILES string of the molecule is C#CCNC(=O)[C@H]1CC[C@@H](C2CSC(c3ccccc3O)=N2)N1C. The number of terminal acetylenes is 1. The van der Waals surface area contributed by atoms with Crippen LogP contribution in [0.5, 0.6) is 5.75 Å². The van der Waals surface area contributed by atoms with E-state index < -0.39 is 0 Å². The van der Waals surface area contributed by atoms with E-state index in [1.807, 2.05) is 19.2 Å². The van der Waals surface area contributed by atoms with Crippen molar-refractivity contribution < 1.29 is 9.90 Å². The first kappa shape index (κ1) is 16.9. The molecule has 1 aromatic rings. The van der Waals surface area contributed by atoms with E-state index in [0.29, 0.717) is 0 Å². The lowest BCUT2D eigenvalue weighted by molar-refractivity contribution is -0.125. The molecule has 0 bridgehead atoms. The van der Waals surface area contributed by atoms with Gasteiger partial charge in [-0.05, 0) is 32.0 Å². The zero-order valence-electron chi connectivity index (χ0n) is 13.6. The van der Waals surface area contributed by atoms with Crippen molar-refractivity contribution in [2.45, 2.75) is 31.0 Å². The van der Waals surface area contributed by atoms with E-state index in [0.717, 1.165) is 29.2 Å². The zero-order chi connectivity index (χ0) is 17.1. The maximum atomic E-state index is 12.2. The third-order valence-corrected chi connectivity index (χ3v) is 5.78. The third kappa shape index (κ3) is 3.28. The van der Waals surface area contributed by atoms with E-state index in [-0.39, 0.29) is 36.3 Å². The molecule has 3 atom stereocenters. The van der Waals surface area contributed by atoms with Gasteiger partial charge in [0.2, 0.25) is 5.91 Å². The largest absolute Gasteiger partial charge is 0.507 e. The van der Waals surface area contributed by atoms with Crippen LogP contribution < -0.4 is 5.32 Å². The minimum atomic E-state index is -0.141. The maximum Gasteiger partial charge on any atom is 0.238 e. The number of para-hydroxylation sites is 1. The first-order valence-corrected chi connectivity index (χ1v) is 9.02. The van der Waals surface area contributed by atoms with Gasteiger partial charge in [0.15, 0.2) is 0 Å². The maximum absolute atomic E-state index is 12.2. The van der Waals surface area contributed by atoms with Crippen molar-refractivity contribution in [3.05, 3.63) is 29.8 Å². The number of hydrogen-bond donors (Lipinski definition) is 2. The molecule has 3 rings (SSSR count). The number of carbonyl (C=O) groups is 1. The highest BCUT2D eigenvalue weighted by atomic mass is 32.2. The van der Waals surface area contributed by atoms with Gasteiger partial charge < -0.3 is 10.4 Å². The smallest absolute Gasteiger partial charge is 0.238 e. The van der Waals surface area contributed by atoms with Crippen molar-refractivity contribution in [3.8, 4) is 18.1 Å². The molecule has 6 heteroatoms. The Morgan fingerprint density at radius 2 is 2.29 bits per heavy atom. The van der Waals surface area contributed by atoms with E-state index >= 15 is 0 Å². The number of aliphatic imine (C=N–C) groups is 1.